The summed E-state index contributed by atoms with van der Waals surface area (Å²) in [6, 6.07) is 0.894. The van der Waals surface area contributed by atoms with Gasteiger partial charge in [-0.2, -0.15) is 0 Å². The minimum absolute atomic E-state index is 0.127. The molecule has 1 N–H and O–H groups in total. The number of aromatic nitrogens is 3. The second-order valence-corrected chi connectivity index (χ2v) is 9.67. The average molecular weight is 363 g/mol. The van der Waals surface area contributed by atoms with Crippen molar-refractivity contribution in [2.75, 3.05) is 0 Å². The van der Waals surface area contributed by atoms with Gasteiger partial charge in [-0.1, -0.05) is 38.5 Å². The summed E-state index contributed by atoms with van der Waals surface area (Å²) in [6.45, 7) is 6.58. The van der Waals surface area contributed by atoms with Gasteiger partial charge in [0.2, 0.25) is 5.91 Å². The van der Waals surface area contributed by atoms with E-state index in [-0.39, 0.29) is 11.2 Å². The van der Waals surface area contributed by atoms with E-state index in [2.05, 4.69) is 33.9 Å². The highest BCUT2D eigenvalue weighted by Gasteiger charge is 2.37. The van der Waals surface area contributed by atoms with Crippen LogP contribution in [0, 0.1) is 11.8 Å². The first-order chi connectivity index (χ1) is 12.0. The van der Waals surface area contributed by atoms with Crippen LogP contribution in [0.4, 0.5) is 0 Å². The fourth-order valence-corrected chi connectivity index (χ4v) is 4.90. The lowest BCUT2D eigenvalue weighted by Crippen LogP contribution is -2.46. The number of hydrogen-bond acceptors (Lipinski definition) is 4. The largest absolute Gasteiger partial charge is 0.352 e. The van der Waals surface area contributed by atoms with E-state index in [9.17, 15) is 4.79 Å². The van der Waals surface area contributed by atoms with Gasteiger partial charge in [-0.05, 0) is 50.9 Å². The molecule has 0 spiro atoms. The summed E-state index contributed by atoms with van der Waals surface area (Å²) < 4.78 is 2.33. The summed E-state index contributed by atoms with van der Waals surface area (Å²) in [5, 5.41) is 13.0. The molecule has 1 amide bonds. The van der Waals surface area contributed by atoms with Crippen LogP contribution in [0.25, 0.3) is 0 Å². The lowest BCUT2D eigenvalue weighted by atomic mass is 9.78. The van der Waals surface area contributed by atoms with Crippen LogP contribution in [0.3, 0.4) is 0 Å². The smallest absolute Gasteiger partial charge is 0.233 e. The summed E-state index contributed by atoms with van der Waals surface area (Å²) in [5.41, 5.74) is 0. The van der Waals surface area contributed by atoms with Crippen molar-refractivity contribution in [1.29, 1.82) is 0 Å². The molecular formula is C19H30N4OS. The van der Waals surface area contributed by atoms with Crippen molar-refractivity contribution in [3.8, 4) is 0 Å². The van der Waals surface area contributed by atoms with Gasteiger partial charge in [0.15, 0.2) is 5.16 Å². The van der Waals surface area contributed by atoms with Crippen LogP contribution in [0.2, 0.25) is 0 Å². The zero-order valence-electron chi connectivity index (χ0n) is 15.6. The second kappa shape index (κ2) is 6.93. The van der Waals surface area contributed by atoms with Gasteiger partial charge in [-0.3, -0.25) is 4.79 Å². The van der Waals surface area contributed by atoms with E-state index in [4.69, 9.17) is 0 Å². The van der Waals surface area contributed by atoms with Crippen LogP contribution in [0.5, 0.6) is 0 Å². The molecule has 4 atom stereocenters. The van der Waals surface area contributed by atoms with Gasteiger partial charge in [-0.15, -0.1) is 10.2 Å². The van der Waals surface area contributed by atoms with Crippen molar-refractivity contribution < 1.29 is 4.79 Å². The van der Waals surface area contributed by atoms with Gasteiger partial charge in [0.05, 0.1) is 5.25 Å². The molecule has 0 radical (unpaired) electrons. The second-order valence-electron chi connectivity index (χ2n) is 8.36. The molecule has 25 heavy (non-hydrogen) atoms. The molecule has 0 aliphatic heterocycles. The molecule has 3 fully saturated rings. The molecule has 138 valence electrons. The molecular weight excluding hydrogens is 332 g/mol. The van der Waals surface area contributed by atoms with E-state index >= 15 is 0 Å². The minimum Gasteiger partial charge on any atom is -0.352 e. The van der Waals surface area contributed by atoms with Crippen molar-refractivity contribution in [1.82, 2.24) is 20.1 Å². The molecule has 1 aromatic heterocycles. The summed E-state index contributed by atoms with van der Waals surface area (Å²) >= 11 is 1.58. The van der Waals surface area contributed by atoms with Gasteiger partial charge in [0.25, 0.3) is 0 Å². The van der Waals surface area contributed by atoms with E-state index in [0.717, 1.165) is 17.4 Å². The van der Waals surface area contributed by atoms with Crippen molar-refractivity contribution in [3.63, 3.8) is 0 Å². The van der Waals surface area contributed by atoms with Gasteiger partial charge in [0.1, 0.15) is 5.82 Å². The molecule has 5 nitrogen and oxygen atoms in total. The summed E-state index contributed by atoms with van der Waals surface area (Å²) in [7, 11) is 0. The SMILES string of the molecule is C[C@@H]1[C@H](C)CCC[C@@H]1NC(=O)[C@@H](C)Sc1nnc(C2CC2)n1C1CC1. The molecule has 3 aliphatic rings. The van der Waals surface area contributed by atoms with Crippen molar-refractivity contribution in [2.24, 2.45) is 11.8 Å². The van der Waals surface area contributed by atoms with Crippen LogP contribution in [-0.4, -0.2) is 32.0 Å². The Bertz CT molecular complexity index is 637. The Hall–Kier alpha value is -1.04. The van der Waals surface area contributed by atoms with Gasteiger partial charge < -0.3 is 9.88 Å². The van der Waals surface area contributed by atoms with E-state index in [1.165, 1.54) is 38.5 Å². The predicted octanol–water partition coefficient (Wildman–Crippen LogP) is 3.91. The van der Waals surface area contributed by atoms with Crippen LogP contribution in [-0.2, 0) is 4.79 Å². The van der Waals surface area contributed by atoms with E-state index in [1.807, 2.05) is 6.92 Å². The monoisotopic (exact) mass is 362 g/mol. The molecule has 0 aromatic carbocycles. The lowest BCUT2D eigenvalue weighted by Gasteiger charge is -2.35. The summed E-state index contributed by atoms with van der Waals surface area (Å²) in [4.78, 5) is 12.7. The molecule has 4 rings (SSSR count). The average Bonchev–Trinajstić information content (AvgIpc) is 3.50. The predicted molar refractivity (Wildman–Crippen MR) is 99.7 cm³/mol. The fraction of sp³-hybridized carbons (Fsp3) is 0.842. The van der Waals surface area contributed by atoms with Crippen molar-refractivity contribution in [2.45, 2.75) is 94.1 Å². The quantitative estimate of drug-likeness (QED) is 0.780. The minimum atomic E-state index is -0.127. The first kappa shape index (κ1) is 17.4. The van der Waals surface area contributed by atoms with E-state index < -0.39 is 0 Å². The third kappa shape index (κ3) is 3.74. The highest BCUT2D eigenvalue weighted by molar-refractivity contribution is 8.00. The Labute approximate surface area is 154 Å². The van der Waals surface area contributed by atoms with E-state index in [1.54, 1.807) is 11.8 Å². The third-order valence-electron chi connectivity index (χ3n) is 6.23. The normalized spacial score (nSPS) is 30.9. The zero-order chi connectivity index (χ0) is 17.6. The summed E-state index contributed by atoms with van der Waals surface area (Å²) in [5.74, 6) is 3.17. The molecule has 0 saturated heterocycles. The topological polar surface area (TPSA) is 59.8 Å². The van der Waals surface area contributed by atoms with Crippen LogP contribution >= 0.6 is 11.8 Å². The standard InChI is InChI=1S/C19H30N4OS/c1-11-5-4-6-16(12(11)2)20-18(24)13(3)25-19-22-21-17(14-7-8-14)23(19)15-9-10-15/h11-16H,4-10H2,1-3H3,(H,20,24)/t11-,12-,13-,16+/m1/s1. The Balaban J connectivity index is 1.40. The highest BCUT2D eigenvalue weighted by atomic mass is 32.2. The molecule has 1 aromatic rings. The first-order valence-corrected chi connectivity index (χ1v) is 10.8. The van der Waals surface area contributed by atoms with Crippen LogP contribution in [0.1, 0.15) is 83.5 Å². The molecule has 6 heteroatoms. The van der Waals surface area contributed by atoms with Crippen LogP contribution < -0.4 is 5.32 Å². The third-order valence-corrected chi connectivity index (χ3v) is 7.29. The number of nitrogens with one attached hydrogen (secondary N) is 1. The maximum atomic E-state index is 12.7. The number of hydrogen-bond donors (Lipinski definition) is 1. The fourth-order valence-electron chi connectivity index (χ4n) is 3.96. The number of amides is 1. The maximum absolute atomic E-state index is 12.7. The molecule has 3 aliphatic carbocycles. The maximum Gasteiger partial charge on any atom is 0.233 e. The van der Waals surface area contributed by atoms with Gasteiger partial charge in [-0.25, -0.2) is 0 Å². The molecule has 3 saturated carbocycles. The number of thioether (sulfide) groups is 1. The Morgan fingerprint density at radius 2 is 1.92 bits per heavy atom. The van der Waals surface area contributed by atoms with Gasteiger partial charge in [0, 0.05) is 18.0 Å². The Kier molecular flexibility index (Phi) is 4.82. The molecule has 0 bridgehead atoms. The zero-order valence-corrected chi connectivity index (χ0v) is 16.4. The number of carbonyl (C=O) groups is 1. The van der Waals surface area contributed by atoms with Crippen molar-refractivity contribution in [3.05, 3.63) is 5.82 Å². The Morgan fingerprint density at radius 1 is 1.16 bits per heavy atom. The lowest BCUT2D eigenvalue weighted by molar-refractivity contribution is -0.121. The highest BCUT2D eigenvalue weighted by Crippen LogP contribution is 2.46. The van der Waals surface area contributed by atoms with Crippen LogP contribution in [0.15, 0.2) is 5.16 Å². The van der Waals surface area contributed by atoms with E-state index in [0.29, 0.717) is 29.8 Å². The Morgan fingerprint density at radius 3 is 2.60 bits per heavy atom. The number of nitrogens with zero attached hydrogens (tertiary/aromatic N) is 3. The molecule has 1 heterocycles. The molecule has 0 unspecified atom stereocenters. The van der Waals surface area contributed by atoms with Gasteiger partial charge >= 0.3 is 0 Å². The van der Waals surface area contributed by atoms with Crippen molar-refractivity contribution >= 4 is 17.7 Å². The number of rotatable bonds is 6. The first-order valence-electron chi connectivity index (χ1n) is 9.96. The number of carbonyl (C=O) groups excluding carboxylic acids is 1. The summed E-state index contributed by atoms with van der Waals surface area (Å²) in [6.07, 6.45) is 8.54.